The first-order chi connectivity index (χ1) is 9.19. The molecule has 1 aliphatic rings. The Bertz CT molecular complexity index is 424. The zero-order valence-corrected chi connectivity index (χ0v) is 11.9. The standard InChI is InChI=1S/C15H21ClN2O/c16-13-6-4-12(5-7-13)15(8-1-2-9-15)14(19)18-11-3-10-17/h4-7H,1-3,8-11,17H2,(H,18,19). The van der Waals surface area contributed by atoms with Crippen LogP contribution in [0.1, 0.15) is 37.7 Å². The third-order valence-corrected chi connectivity index (χ3v) is 4.21. The summed E-state index contributed by atoms with van der Waals surface area (Å²) in [5.74, 6) is 0.140. The average Bonchev–Trinajstić information content (AvgIpc) is 2.90. The third kappa shape index (κ3) is 3.10. The van der Waals surface area contributed by atoms with Crippen molar-refractivity contribution in [3.63, 3.8) is 0 Å². The molecule has 4 heteroatoms. The molecule has 0 aromatic heterocycles. The Morgan fingerprint density at radius 3 is 2.47 bits per heavy atom. The summed E-state index contributed by atoms with van der Waals surface area (Å²) >= 11 is 5.93. The van der Waals surface area contributed by atoms with Crippen molar-refractivity contribution in [2.24, 2.45) is 5.73 Å². The van der Waals surface area contributed by atoms with Crippen LogP contribution in [0.2, 0.25) is 5.02 Å². The van der Waals surface area contributed by atoms with E-state index in [2.05, 4.69) is 5.32 Å². The smallest absolute Gasteiger partial charge is 0.230 e. The van der Waals surface area contributed by atoms with Gasteiger partial charge in [0.1, 0.15) is 0 Å². The lowest BCUT2D eigenvalue weighted by atomic mass is 9.78. The van der Waals surface area contributed by atoms with E-state index < -0.39 is 0 Å². The van der Waals surface area contributed by atoms with E-state index in [1.165, 1.54) is 0 Å². The number of benzene rings is 1. The van der Waals surface area contributed by atoms with Crippen LogP contribution in [0.3, 0.4) is 0 Å². The lowest BCUT2D eigenvalue weighted by Gasteiger charge is -2.28. The van der Waals surface area contributed by atoms with Crippen LogP contribution in [0.5, 0.6) is 0 Å². The Hall–Kier alpha value is -1.06. The van der Waals surface area contributed by atoms with Crippen LogP contribution in [0.15, 0.2) is 24.3 Å². The highest BCUT2D eigenvalue weighted by Gasteiger charge is 2.42. The first-order valence-electron chi connectivity index (χ1n) is 6.93. The van der Waals surface area contributed by atoms with Gasteiger partial charge in [0.25, 0.3) is 0 Å². The molecule has 104 valence electrons. The molecule has 1 amide bonds. The van der Waals surface area contributed by atoms with Gasteiger partial charge in [-0.3, -0.25) is 4.79 Å². The first kappa shape index (κ1) is 14.4. The molecule has 0 radical (unpaired) electrons. The van der Waals surface area contributed by atoms with Crippen LogP contribution in [0, 0.1) is 0 Å². The summed E-state index contributed by atoms with van der Waals surface area (Å²) in [6, 6.07) is 7.70. The van der Waals surface area contributed by atoms with Gasteiger partial charge >= 0.3 is 0 Å². The van der Waals surface area contributed by atoms with Gasteiger partial charge in [0.2, 0.25) is 5.91 Å². The van der Waals surface area contributed by atoms with Gasteiger partial charge in [0, 0.05) is 11.6 Å². The normalized spacial score (nSPS) is 17.4. The Balaban J connectivity index is 2.17. The topological polar surface area (TPSA) is 55.1 Å². The van der Waals surface area contributed by atoms with Gasteiger partial charge in [0.15, 0.2) is 0 Å². The summed E-state index contributed by atoms with van der Waals surface area (Å²) in [4.78, 5) is 12.5. The molecule has 3 nitrogen and oxygen atoms in total. The number of amides is 1. The van der Waals surface area contributed by atoms with E-state index in [-0.39, 0.29) is 11.3 Å². The van der Waals surface area contributed by atoms with Crippen molar-refractivity contribution < 1.29 is 4.79 Å². The first-order valence-corrected chi connectivity index (χ1v) is 7.31. The molecule has 0 aliphatic heterocycles. The lowest BCUT2D eigenvalue weighted by Crippen LogP contribution is -2.43. The van der Waals surface area contributed by atoms with Gasteiger partial charge in [-0.25, -0.2) is 0 Å². The van der Waals surface area contributed by atoms with Gasteiger partial charge in [-0.05, 0) is 43.5 Å². The molecular formula is C15H21ClN2O. The molecule has 1 fully saturated rings. The highest BCUT2D eigenvalue weighted by atomic mass is 35.5. The van der Waals surface area contributed by atoms with Crippen LogP contribution in [-0.4, -0.2) is 19.0 Å². The Labute approximate surface area is 119 Å². The summed E-state index contributed by atoms with van der Waals surface area (Å²) in [5.41, 5.74) is 6.18. The van der Waals surface area contributed by atoms with Crippen molar-refractivity contribution in [2.45, 2.75) is 37.5 Å². The fourth-order valence-electron chi connectivity index (χ4n) is 2.87. The monoisotopic (exact) mass is 280 g/mol. The maximum absolute atomic E-state index is 12.5. The van der Waals surface area contributed by atoms with Gasteiger partial charge in [-0.2, -0.15) is 0 Å². The highest BCUT2D eigenvalue weighted by Crippen LogP contribution is 2.41. The molecule has 0 unspecified atom stereocenters. The molecule has 1 aliphatic carbocycles. The maximum atomic E-state index is 12.5. The molecule has 0 atom stereocenters. The van der Waals surface area contributed by atoms with E-state index in [4.69, 9.17) is 17.3 Å². The average molecular weight is 281 g/mol. The van der Waals surface area contributed by atoms with E-state index >= 15 is 0 Å². The van der Waals surface area contributed by atoms with Crippen LogP contribution in [0.4, 0.5) is 0 Å². The molecule has 0 saturated heterocycles. The number of nitrogens with one attached hydrogen (secondary N) is 1. The SMILES string of the molecule is NCCCNC(=O)C1(c2ccc(Cl)cc2)CCCC1. The highest BCUT2D eigenvalue weighted by molar-refractivity contribution is 6.30. The number of nitrogens with two attached hydrogens (primary N) is 1. The summed E-state index contributed by atoms with van der Waals surface area (Å²) < 4.78 is 0. The molecule has 2 rings (SSSR count). The van der Waals surface area contributed by atoms with Crippen LogP contribution >= 0.6 is 11.6 Å². The largest absolute Gasteiger partial charge is 0.355 e. The zero-order chi connectivity index (χ0) is 13.7. The van der Waals surface area contributed by atoms with E-state index in [1.807, 2.05) is 24.3 Å². The molecule has 0 bridgehead atoms. The van der Waals surface area contributed by atoms with Gasteiger partial charge in [-0.15, -0.1) is 0 Å². The number of carbonyl (C=O) groups is 1. The van der Waals surface area contributed by atoms with Crippen LogP contribution < -0.4 is 11.1 Å². The number of hydrogen-bond acceptors (Lipinski definition) is 2. The van der Waals surface area contributed by atoms with Crippen LogP contribution in [0.25, 0.3) is 0 Å². The number of halogens is 1. The third-order valence-electron chi connectivity index (χ3n) is 3.96. The van der Waals surface area contributed by atoms with Crippen molar-refractivity contribution in [2.75, 3.05) is 13.1 Å². The van der Waals surface area contributed by atoms with Crippen molar-refractivity contribution in [1.82, 2.24) is 5.32 Å². The number of hydrogen-bond donors (Lipinski definition) is 2. The van der Waals surface area contributed by atoms with Crippen molar-refractivity contribution >= 4 is 17.5 Å². The number of carbonyl (C=O) groups excluding carboxylic acids is 1. The quantitative estimate of drug-likeness (QED) is 0.815. The van der Waals surface area contributed by atoms with E-state index in [9.17, 15) is 4.79 Å². The van der Waals surface area contributed by atoms with Crippen molar-refractivity contribution in [1.29, 1.82) is 0 Å². The second kappa shape index (κ2) is 6.40. The summed E-state index contributed by atoms with van der Waals surface area (Å²) in [6.45, 7) is 1.26. The van der Waals surface area contributed by atoms with Gasteiger partial charge < -0.3 is 11.1 Å². The zero-order valence-electron chi connectivity index (χ0n) is 11.1. The molecule has 19 heavy (non-hydrogen) atoms. The predicted octanol–water partition coefficient (Wildman–Crippen LogP) is 2.62. The Kier molecular flexibility index (Phi) is 4.83. The summed E-state index contributed by atoms with van der Waals surface area (Å²) in [5, 5.41) is 3.74. The second-order valence-electron chi connectivity index (χ2n) is 5.19. The summed E-state index contributed by atoms with van der Waals surface area (Å²) in [7, 11) is 0. The molecule has 3 N–H and O–H groups in total. The minimum absolute atomic E-state index is 0.140. The lowest BCUT2D eigenvalue weighted by molar-refractivity contribution is -0.126. The van der Waals surface area contributed by atoms with E-state index in [1.54, 1.807) is 0 Å². The van der Waals surface area contributed by atoms with Gasteiger partial charge in [0.05, 0.1) is 5.41 Å². The maximum Gasteiger partial charge on any atom is 0.230 e. The van der Waals surface area contributed by atoms with Crippen molar-refractivity contribution in [3.05, 3.63) is 34.9 Å². The fraction of sp³-hybridized carbons (Fsp3) is 0.533. The molecule has 1 aromatic carbocycles. The Morgan fingerprint density at radius 1 is 1.26 bits per heavy atom. The predicted molar refractivity (Wildman–Crippen MR) is 78.3 cm³/mol. The molecule has 0 spiro atoms. The van der Waals surface area contributed by atoms with E-state index in [0.29, 0.717) is 18.1 Å². The Morgan fingerprint density at radius 2 is 1.89 bits per heavy atom. The van der Waals surface area contributed by atoms with E-state index in [0.717, 1.165) is 37.7 Å². The minimum Gasteiger partial charge on any atom is -0.355 e. The minimum atomic E-state index is -0.362. The second-order valence-corrected chi connectivity index (χ2v) is 5.63. The molecule has 1 saturated carbocycles. The van der Waals surface area contributed by atoms with Crippen LogP contribution in [-0.2, 0) is 10.2 Å². The number of rotatable bonds is 5. The summed E-state index contributed by atoms with van der Waals surface area (Å²) in [6.07, 6.45) is 4.87. The fourth-order valence-corrected chi connectivity index (χ4v) is 2.99. The van der Waals surface area contributed by atoms with Gasteiger partial charge in [-0.1, -0.05) is 36.6 Å². The van der Waals surface area contributed by atoms with Crippen molar-refractivity contribution in [3.8, 4) is 0 Å². The molecular weight excluding hydrogens is 260 g/mol. The molecule has 1 aromatic rings. The molecule has 0 heterocycles.